The Bertz CT molecular complexity index is 708. The van der Waals surface area contributed by atoms with Gasteiger partial charge in [0.05, 0.1) is 0 Å². The summed E-state index contributed by atoms with van der Waals surface area (Å²) in [6.45, 7) is 0.902. The largest absolute Gasteiger partial charge is 0.480 e. The van der Waals surface area contributed by atoms with E-state index in [9.17, 15) is 18.0 Å². The Labute approximate surface area is 164 Å². The Morgan fingerprint density at radius 3 is 2.50 bits per heavy atom. The first-order chi connectivity index (χ1) is 12.9. The Morgan fingerprint density at radius 1 is 1.39 bits per heavy atom. The van der Waals surface area contributed by atoms with Crippen molar-refractivity contribution >= 4 is 29.2 Å². The van der Waals surface area contributed by atoms with Crippen LogP contribution >= 0.6 is 0 Å². The number of rotatable bonds is 10. The predicted octanol–water partition coefficient (Wildman–Crippen LogP) is -3.61. The van der Waals surface area contributed by atoms with Crippen LogP contribution in [0.3, 0.4) is 0 Å². The summed E-state index contributed by atoms with van der Waals surface area (Å²) in [6.07, 6.45) is 1.13. The fourth-order valence-corrected chi connectivity index (χ4v) is 4.80. The molecule has 1 aliphatic carbocycles. The lowest BCUT2D eigenvalue weighted by Gasteiger charge is -2.30. The molecule has 0 spiro atoms. The van der Waals surface area contributed by atoms with Crippen molar-refractivity contribution in [3.05, 3.63) is 0 Å². The number of aliphatic carboxylic acids is 1. The van der Waals surface area contributed by atoms with Gasteiger partial charge in [-0.3, -0.25) is 9.59 Å². The third-order valence-corrected chi connectivity index (χ3v) is 6.78. The van der Waals surface area contributed by atoms with E-state index in [0.29, 0.717) is 12.8 Å². The molecule has 1 heterocycles. The summed E-state index contributed by atoms with van der Waals surface area (Å²) in [6, 6.07) is -1.80. The molecule has 0 bridgehead atoms. The van der Waals surface area contributed by atoms with Crippen molar-refractivity contribution in [1.29, 1.82) is 0 Å². The summed E-state index contributed by atoms with van der Waals surface area (Å²) in [5, 5.41) is 29.3. The maximum atomic E-state index is 12.7. The fraction of sp³-hybridized carbons (Fsp3) is 0.857. The van der Waals surface area contributed by atoms with Gasteiger partial charge in [-0.2, -0.15) is 17.4 Å². The Kier molecular flexibility index (Phi) is 7.07. The van der Waals surface area contributed by atoms with Crippen molar-refractivity contribution in [3.63, 3.8) is 0 Å². The van der Waals surface area contributed by atoms with Crippen LogP contribution in [0, 0.1) is 5.92 Å². The molecule has 12 nitrogen and oxygen atoms in total. The van der Waals surface area contributed by atoms with Crippen LogP contribution in [0.4, 0.5) is 0 Å². The topological polar surface area (TPSA) is 208 Å². The Morgan fingerprint density at radius 2 is 2.00 bits per heavy atom. The first-order valence-corrected chi connectivity index (χ1v) is 10.5. The van der Waals surface area contributed by atoms with Crippen molar-refractivity contribution in [3.8, 4) is 0 Å². The second-order valence-corrected chi connectivity index (χ2v) is 9.31. The summed E-state index contributed by atoms with van der Waals surface area (Å²) >= 11 is 0. The van der Waals surface area contributed by atoms with E-state index < -0.39 is 46.7 Å². The standard InChI is InChI=1S/C14H28BN5O7S/c1-8(12(21)22)18-13(23)14(17)7-20(6-9(14)3-2-4-15(24)25)28(26,27)19-11-5-10(11)16/h8-11,19,24-25H,2-7,16-17H2,1H3,(H,18,23)(H,21,22)/t8-,9-,10+,11+,14-/m0/s1. The van der Waals surface area contributed by atoms with Crippen LogP contribution in [0.15, 0.2) is 0 Å². The summed E-state index contributed by atoms with van der Waals surface area (Å²) < 4.78 is 28.7. The van der Waals surface area contributed by atoms with E-state index in [-0.39, 0.29) is 37.9 Å². The number of carbonyl (C=O) groups is 2. The van der Waals surface area contributed by atoms with Gasteiger partial charge < -0.3 is 31.9 Å². The monoisotopic (exact) mass is 421 g/mol. The van der Waals surface area contributed by atoms with Gasteiger partial charge in [0.1, 0.15) is 11.6 Å². The van der Waals surface area contributed by atoms with Crippen LogP contribution in [0.1, 0.15) is 26.2 Å². The highest BCUT2D eigenvalue weighted by Crippen LogP contribution is 2.33. The molecule has 2 rings (SSSR count). The average Bonchev–Trinajstić information content (AvgIpc) is 3.12. The zero-order valence-corrected chi connectivity index (χ0v) is 16.4. The van der Waals surface area contributed by atoms with Gasteiger partial charge in [0.15, 0.2) is 0 Å². The summed E-state index contributed by atoms with van der Waals surface area (Å²) in [5.41, 5.74) is 10.3. The van der Waals surface area contributed by atoms with E-state index in [1.54, 1.807) is 0 Å². The van der Waals surface area contributed by atoms with Crippen LogP contribution < -0.4 is 21.5 Å². The molecule has 5 atom stereocenters. The van der Waals surface area contributed by atoms with E-state index in [1.807, 2.05) is 0 Å². The van der Waals surface area contributed by atoms with Gasteiger partial charge in [-0.25, -0.2) is 0 Å². The number of nitrogens with one attached hydrogen (secondary N) is 2. The van der Waals surface area contributed by atoms with Gasteiger partial charge in [-0.15, -0.1) is 0 Å². The minimum absolute atomic E-state index is 0.0433. The molecule has 0 aromatic carbocycles. The molecule has 0 aromatic heterocycles. The number of nitrogens with two attached hydrogens (primary N) is 2. The molecular weight excluding hydrogens is 393 g/mol. The second-order valence-electron chi connectivity index (χ2n) is 7.60. The van der Waals surface area contributed by atoms with E-state index in [1.165, 1.54) is 6.92 Å². The zero-order valence-electron chi connectivity index (χ0n) is 15.6. The van der Waals surface area contributed by atoms with Crippen molar-refractivity contribution in [2.75, 3.05) is 13.1 Å². The third kappa shape index (κ3) is 5.40. The maximum Gasteiger partial charge on any atom is 0.451 e. The van der Waals surface area contributed by atoms with Crippen molar-refractivity contribution < 1.29 is 33.2 Å². The second kappa shape index (κ2) is 8.61. The van der Waals surface area contributed by atoms with Crippen LogP contribution in [-0.4, -0.2) is 83.6 Å². The third-order valence-electron chi connectivity index (χ3n) is 5.23. The molecule has 1 aliphatic heterocycles. The predicted molar refractivity (Wildman–Crippen MR) is 99.9 cm³/mol. The molecule has 9 N–H and O–H groups in total. The molecule has 2 fully saturated rings. The minimum Gasteiger partial charge on any atom is -0.480 e. The van der Waals surface area contributed by atoms with Gasteiger partial charge >= 0.3 is 13.1 Å². The SMILES string of the molecule is C[C@H](NC(=O)[C@]1(N)CN(S(=O)(=O)N[C@@H]2C[C@H]2N)C[C@@H]1CCCB(O)O)C(=O)O. The molecule has 0 unspecified atom stereocenters. The number of carbonyl (C=O) groups excluding carboxylic acids is 1. The normalized spacial score (nSPS) is 31.4. The van der Waals surface area contributed by atoms with Gasteiger partial charge in [-0.05, 0) is 26.1 Å². The van der Waals surface area contributed by atoms with Gasteiger partial charge in [0.2, 0.25) is 5.91 Å². The smallest absolute Gasteiger partial charge is 0.451 e. The maximum absolute atomic E-state index is 12.7. The summed E-state index contributed by atoms with van der Waals surface area (Å²) in [7, 11) is -5.45. The lowest BCUT2D eigenvalue weighted by molar-refractivity contribution is -0.142. The van der Waals surface area contributed by atoms with Gasteiger partial charge in [0.25, 0.3) is 10.2 Å². The van der Waals surface area contributed by atoms with Crippen LogP contribution in [-0.2, 0) is 19.8 Å². The summed E-state index contributed by atoms with van der Waals surface area (Å²) in [5.74, 6) is -2.64. The van der Waals surface area contributed by atoms with E-state index in [4.69, 9.17) is 26.6 Å². The minimum atomic E-state index is -3.93. The van der Waals surface area contributed by atoms with Crippen molar-refractivity contribution in [2.45, 2.75) is 56.2 Å². The molecule has 0 radical (unpaired) electrons. The van der Waals surface area contributed by atoms with Crippen LogP contribution in [0.25, 0.3) is 0 Å². The highest BCUT2D eigenvalue weighted by molar-refractivity contribution is 7.87. The Hall–Kier alpha value is -1.29. The molecule has 1 amide bonds. The number of carboxylic acid groups (broad SMARTS) is 1. The molecule has 160 valence electrons. The van der Waals surface area contributed by atoms with Crippen molar-refractivity contribution in [2.24, 2.45) is 17.4 Å². The van der Waals surface area contributed by atoms with Crippen LogP contribution in [0.2, 0.25) is 6.32 Å². The first-order valence-electron chi connectivity index (χ1n) is 9.08. The van der Waals surface area contributed by atoms with E-state index in [2.05, 4.69) is 10.0 Å². The highest BCUT2D eigenvalue weighted by atomic mass is 32.2. The lowest BCUT2D eigenvalue weighted by Crippen LogP contribution is -2.62. The number of nitrogens with zero attached hydrogens (tertiary/aromatic N) is 1. The average molecular weight is 421 g/mol. The lowest BCUT2D eigenvalue weighted by atomic mass is 9.78. The summed E-state index contributed by atoms with van der Waals surface area (Å²) in [4.78, 5) is 23.7. The zero-order chi connectivity index (χ0) is 21.3. The Balaban J connectivity index is 2.15. The van der Waals surface area contributed by atoms with E-state index >= 15 is 0 Å². The van der Waals surface area contributed by atoms with Crippen LogP contribution in [0.5, 0.6) is 0 Å². The number of hydrogen-bond donors (Lipinski definition) is 7. The number of hydrogen-bond acceptors (Lipinski definition) is 8. The fourth-order valence-electron chi connectivity index (χ4n) is 3.24. The molecule has 28 heavy (non-hydrogen) atoms. The van der Waals surface area contributed by atoms with E-state index in [0.717, 1.165) is 4.31 Å². The molecule has 0 aromatic rings. The van der Waals surface area contributed by atoms with Gasteiger partial charge in [-0.1, -0.05) is 6.42 Å². The molecule has 1 saturated carbocycles. The molecule has 1 saturated heterocycles. The quantitative estimate of drug-likeness (QED) is 0.174. The molecule has 2 aliphatic rings. The number of carboxylic acids is 1. The van der Waals surface area contributed by atoms with Crippen molar-refractivity contribution in [1.82, 2.24) is 14.3 Å². The highest BCUT2D eigenvalue weighted by Gasteiger charge is 2.53. The molecular formula is C14H28BN5O7S. The number of amides is 1. The first kappa shape index (κ1) is 23.0. The van der Waals surface area contributed by atoms with Gasteiger partial charge in [0, 0.05) is 31.1 Å². The molecule has 14 heteroatoms.